The summed E-state index contributed by atoms with van der Waals surface area (Å²) in [4.78, 5) is 11.4. The minimum Gasteiger partial charge on any atom is -0.369 e. The third-order valence-electron chi connectivity index (χ3n) is 3.76. The van der Waals surface area contributed by atoms with E-state index in [0.29, 0.717) is 0 Å². The number of nitro benzene ring substituents is 1. The van der Waals surface area contributed by atoms with Crippen molar-refractivity contribution in [3.05, 3.63) is 56.4 Å². The van der Waals surface area contributed by atoms with Crippen molar-refractivity contribution in [1.82, 2.24) is 9.78 Å². The molecule has 0 radical (unpaired) electrons. The maximum absolute atomic E-state index is 10.8. The van der Waals surface area contributed by atoms with Crippen molar-refractivity contribution in [2.45, 2.75) is 6.42 Å². The maximum Gasteiger partial charge on any atom is 0.269 e. The number of halogens is 1. The lowest BCUT2D eigenvalue weighted by molar-refractivity contribution is -0.384. The number of rotatable bonds is 3. The Morgan fingerprint density at radius 3 is 2.70 bits per heavy atom. The zero-order valence-electron chi connectivity index (χ0n) is 11.8. The van der Waals surface area contributed by atoms with Gasteiger partial charge in [0, 0.05) is 24.2 Å². The second-order valence-electron chi connectivity index (χ2n) is 5.14. The van der Waals surface area contributed by atoms with Crippen molar-refractivity contribution in [3.63, 3.8) is 0 Å². The standard InChI is InChI=1S/C15H11ClN4O2S/c16-13-6-5-12(23-13)14-11-7-8-17-15(11)19(18-14)9-1-3-10(4-2-9)20(21)22/h1-6,17H,7-8H2. The van der Waals surface area contributed by atoms with Gasteiger partial charge in [-0.2, -0.15) is 5.10 Å². The Bertz CT molecular complexity index is 901. The molecular formula is C15H11ClN4O2S. The van der Waals surface area contributed by atoms with Crippen molar-refractivity contribution >= 4 is 34.4 Å². The number of benzene rings is 1. The molecule has 0 bridgehead atoms. The SMILES string of the molecule is O=[N+]([O-])c1ccc(-n2nc(-c3ccc(Cl)s3)c3c2NCC3)cc1. The Labute approximate surface area is 140 Å². The number of nitrogens with zero attached hydrogens (tertiary/aromatic N) is 3. The predicted molar refractivity (Wildman–Crippen MR) is 90.7 cm³/mol. The van der Waals surface area contributed by atoms with Crippen LogP contribution in [0.15, 0.2) is 36.4 Å². The topological polar surface area (TPSA) is 73.0 Å². The molecule has 2 aromatic heterocycles. The molecule has 0 amide bonds. The van der Waals surface area contributed by atoms with Gasteiger partial charge in [0.2, 0.25) is 0 Å². The maximum atomic E-state index is 10.8. The second-order valence-corrected chi connectivity index (χ2v) is 6.86. The average Bonchev–Trinajstić information content (AvgIpc) is 3.23. The van der Waals surface area contributed by atoms with E-state index in [2.05, 4.69) is 5.32 Å². The fourth-order valence-corrected chi connectivity index (χ4v) is 3.77. The van der Waals surface area contributed by atoms with Crippen LogP contribution >= 0.6 is 22.9 Å². The molecule has 116 valence electrons. The van der Waals surface area contributed by atoms with Crippen LogP contribution in [0.3, 0.4) is 0 Å². The molecule has 0 saturated carbocycles. The number of non-ortho nitro benzene ring substituents is 1. The Morgan fingerprint density at radius 1 is 1.26 bits per heavy atom. The smallest absolute Gasteiger partial charge is 0.269 e. The van der Waals surface area contributed by atoms with E-state index in [-0.39, 0.29) is 5.69 Å². The van der Waals surface area contributed by atoms with Gasteiger partial charge in [-0.15, -0.1) is 11.3 Å². The minimum atomic E-state index is -0.408. The van der Waals surface area contributed by atoms with Gasteiger partial charge in [0.25, 0.3) is 5.69 Å². The summed E-state index contributed by atoms with van der Waals surface area (Å²) >= 11 is 7.53. The fourth-order valence-electron chi connectivity index (χ4n) is 2.72. The molecule has 0 atom stereocenters. The van der Waals surface area contributed by atoms with Crippen molar-refractivity contribution in [2.75, 3.05) is 11.9 Å². The van der Waals surface area contributed by atoms with Gasteiger partial charge >= 0.3 is 0 Å². The molecule has 3 heterocycles. The number of fused-ring (bicyclic) bond motifs is 1. The summed E-state index contributed by atoms with van der Waals surface area (Å²) in [6.45, 7) is 0.853. The number of hydrogen-bond acceptors (Lipinski definition) is 5. The first-order valence-corrected chi connectivity index (χ1v) is 8.19. The first-order chi connectivity index (χ1) is 11.1. The summed E-state index contributed by atoms with van der Waals surface area (Å²) in [6.07, 6.45) is 0.896. The summed E-state index contributed by atoms with van der Waals surface area (Å²) in [6, 6.07) is 10.2. The fraction of sp³-hybridized carbons (Fsp3) is 0.133. The molecule has 6 nitrogen and oxygen atoms in total. The van der Waals surface area contributed by atoms with E-state index in [1.807, 2.05) is 12.1 Å². The van der Waals surface area contributed by atoms with E-state index < -0.39 is 4.92 Å². The van der Waals surface area contributed by atoms with Gasteiger partial charge in [-0.3, -0.25) is 10.1 Å². The number of nitro groups is 1. The molecule has 0 unspecified atom stereocenters. The highest BCUT2D eigenvalue weighted by atomic mass is 35.5. The van der Waals surface area contributed by atoms with Crippen molar-refractivity contribution in [3.8, 4) is 16.3 Å². The van der Waals surface area contributed by atoms with Crippen LogP contribution in [-0.2, 0) is 6.42 Å². The molecule has 1 aliphatic rings. The van der Waals surface area contributed by atoms with Crippen molar-refractivity contribution in [2.24, 2.45) is 0 Å². The van der Waals surface area contributed by atoms with E-state index in [0.717, 1.165) is 44.9 Å². The van der Waals surface area contributed by atoms with Crippen LogP contribution in [0.5, 0.6) is 0 Å². The van der Waals surface area contributed by atoms with Gasteiger partial charge in [-0.25, -0.2) is 4.68 Å². The number of hydrogen-bond donors (Lipinski definition) is 1. The van der Waals surface area contributed by atoms with E-state index >= 15 is 0 Å². The molecule has 0 aliphatic carbocycles. The first kappa shape index (κ1) is 14.2. The van der Waals surface area contributed by atoms with Gasteiger partial charge in [0.15, 0.2) is 0 Å². The third-order valence-corrected chi connectivity index (χ3v) is 5.00. The van der Waals surface area contributed by atoms with Gasteiger partial charge in [-0.1, -0.05) is 11.6 Å². The lowest BCUT2D eigenvalue weighted by Crippen LogP contribution is -2.04. The average molecular weight is 347 g/mol. The molecular weight excluding hydrogens is 336 g/mol. The normalized spacial score (nSPS) is 12.9. The van der Waals surface area contributed by atoms with Crippen LogP contribution in [0.2, 0.25) is 4.34 Å². The van der Waals surface area contributed by atoms with Crippen LogP contribution in [-0.4, -0.2) is 21.2 Å². The Morgan fingerprint density at radius 2 is 2.04 bits per heavy atom. The highest BCUT2D eigenvalue weighted by molar-refractivity contribution is 7.19. The van der Waals surface area contributed by atoms with Gasteiger partial charge in [0.05, 0.1) is 19.8 Å². The molecule has 1 N–H and O–H groups in total. The van der Waals surface area contributed by atoms with Crippen molar-refractivity contribution < 1.29 is 4.92 Å². The Kier molecular flexibility index (Phi) is 3.32. The molecule has 1 aromatic carbocycles. The van der Waals surface area contributed by atoms with Crippen LogP contribution in [0, 0.1) is 10.1 Å². The molecule has 0 saturated heterocycles. The zero-order valence-corrected chi connectivity index (χ0v) is 13.4. The summed E-state index contributed by atoms with van der Waals surface area (Å²) in [5.74, 6) is 0.943. The Balaban J connectivity index is 1.82. The van der Waals surface area contributed by atoms with E-state index in [1.165, 1.54) is 23.5 Å². The molecule has 0 spiro atoms. The first-order valence-electron chi connectivity index (χ1n) is 7.00. The second kappa shape index (κ2) is 5.36. The van der Waals surface area contributed by atoms with E-state index in [4.69, 9.17) is 16.7 Å². The molecule has 23 heavy (non-hydrogen) atoms. The van der Waals surface area contributed by atoms with Gasteiger partial charge in [-0.05, 0) is 30.7 Å². The summed E-state index contributed by atoms with van der Waals surface area (Å²) in [7, 11) is 0. The summed E-state index contributed by atoms with van der Waals surface area (Å²) < 4.78 is 2.53. The van der Waals surface area contributed by atoms with Crippen LogP contribution < -0.4 is 5.32 Å². The monoisotopic (exact) mass is 346 g/mol. The van der Waals surface area contributed by atoms with E-state index in [1.54, 1.807) is 16.8 Å². The van der Waals surface area contributed by atoms with Crippen LogP contribution in [0.25, 0.3) is 16.3 Å². The number of nitrogens with one attached hydrogen (secondary N) is 1. The third kappa shape index (κ3) is 2.38. The number of anilines is 1. The number of aromatic nitrogens is 2. The molecule has 8 heteroatoms. The molecule has 1 aliphatic heterocycles. The lowest BCUT2D eigenvalue weighted by Gasteiger charge is -2.05. The van der Waals surface area contributed by atoms with E-state index in [9.17, 15) is 10.1 Å². The summed E-state index contributed by atoms with van der Waals surface area (Å²) in [5.41, 5.74) is 2.92. The quantitative estimate of drug-likeness (QED) is 0.571. The zero-order chi connectivity index (χ0) is 16.0. The molecule has 0 fully saturated rings. The summed E-state index contributed by atoms with van der Waals surface area (Å²) in [5, 5.41) is 18.8. The predicted octanol–water partition coefficient (Wildman–Crippen LogP) is 4.13. The van der Waals surface area contributed by atoms with Crippen LogP contribution in [0.4, 0.5) is 11.5 Å². The lowest BCUT2D eigenvalue weighted by atomic mass is 10.2. The highest BCUT2D eigenvalue weighted by Crippen LogP contribution is 2.38. The van der Waals surface area contributed by atoms with Crippen LogP contribution in [0.1, 0.15) is 5.56 Å². The molecule has 4 rings (SSSR count). The minimum absolute atomic E-state index is 0.0655. The van der Waals surface area contributed by atoms with Crippen molar-refractivity contribution in [1.29, 1.82) is 0 Å². The molecule has 3 aromatic rings. The number of thiophene rings is 1. The van der Waals surface area contributed by atoms with Gasteiger partial charge < -0.3 is 5.32 Å². The highest BCUT2D eigenvalue weighted by Gasteiger charge is 2.24. The van der Waals surface area contributed by atoms with Gasteiger partial charge in [0.1, 0.15) is 11.5 Å². The Hall–Kier alpha value is -2.38. The largest absolute Gasteiger partial charge is 0.369 e.